The summed E-state index contributed by atoms with van der Waals surface area (Å²) in [5.41, 5.74) is 0.195. The summed E-state index contributed by atoms with van der Waals surface area (Å²) < 4.78 is 0. The first-order chi connectivity index (χ1) is 12.1. The highest BCUT2D eigenvalue weighted by Crippen LogP contribution is 2.22. The lowest BCUT2D eigenvalue weighted by atomic mass is 9.96. The Morgan fingerprint density at radius 2 is 1.88 bits per heavy atom. The Morgan fingerprint density at radius 3 is 2.56 bits per heavy atom. The van der Waals surface area contributed by atoms with Gasteiger partial charge in [0, 0.05) is 31.2 Å². The quantitative estimate of drug-likeness (QED) is 0.780. The molecular weight excluding hydrogens is 320 g/mol. The first-order valence-electron chi connectivity index (χ1n) is 8.36. The molecule has 1 aromatic heterocycles. The molecule has 1 aromatic carbocycles. The van der Waals surface area contributed by atoms with Gasteiger partial charge in [-0.15, -0.1) is 0 Å². The van der Waals surface area contributed by atoms with Crippen molar-refractivity contribution >= 4 is 17.5 Å². The van der Waals surface area contributed by atoms with Crippen molar-refractivity contribution in [1.82, 2.24) is 14.9 Å². The summed E-state index contributed by atoms with van der Waals surface area (Å²) in [6.07, 6.45) is 4.51. The van der Waals surface area contributed by atoms with E-state index >= 15 is 0 Å². The van der Waals surface area contributed by atoms with E-state index in [1.165, 1.54) is 12.4 Å². The van der Waals surface area contributed by atoms with Gasteiger partial charge in [0.2, 0.25) is 5.95 Å². The monoisotopic (exact) mass is 342 g/mol. The largest absolute Gasteiger partial charge is 0.393 e. The lowest BCUT2D eigenvalue weighted by Gasteiger charge is -2.24. The first kappa shape index (κ1) is 17.3. The average molecular weight is 342 g/mol. The van der Waals surface area contributed by atoms with E-state index in [0.29, 0.717) is 43.9 Å². The summed E-state index contributed by atoms with van der Waals surface area (Å²) in [5, 5.41) is 22.5. The Bertz CT molecular complexity index is 708. The lowest BCUT2D eigenvalue weighted by molar-refractivity contribution is -0.0250. The van der Waals surface area contributed by atoms with Crippen LogP contribution < -0.4 is 5.32 Å². The van der Waals surface area contributed by atoms with E-state index in [2.05, 4.69) is 15.3 Å². The maximum Gasteiger partial charge on any atom is 0.256 e. The molecule has 3 N–H and O–H groups in total. The van der Waals surface area contributed by atoms with Crippen molar-refractivity contribution in [1.29, 1.82) is 0 Å². The third-order valence-corrected chi connectivity index (χ3v) is 4.43. The number of nitrogens with one attached hydrogen (secondary N) is 1. The van der Waals surface area contributed by atoms with Gasteiger partial charge in [-0.2, -0.15) is 0 Å². The highest BCUT2D eigenvalue weighted by Gasteiger charge is 2.31. The number of rotatable bonds is 4. The van der Waals surface area contributed by atoms with Crippen LogP contribution in [0.4, 0.5) is 11.6 Å². The SMILES string of the molecule is O=C(c1cnc(Nc2ccccc2)nc1)N1CCC[C@@](O)(CO)CC1. The summed E-state index contributed by atoms with van der Waals surface area (Å²) in [6.45, 7) is 0.670. The second-order valence-electron chi connectivity index (χ2n) is 6.31. The lowest BCUT2D eigenvalue weighted by Crippen LogP contribution is -2.36. The number of hydrogen-bond acceptors (Lipinski definition) is 6. The molecule has 7 heteroatoms. The van der Waals surface area contributed by atoms with Gasteiger partial charge in [-0.25, -0.2) is 9.97 Å². The fourth-order valence-corrected chi connectivity index (χ4v) is 2.88. The fraction of sp³-hybridized carbons (Fsp3) is 0.389. The van der Waals surface area contributed by atoms with Crippen LogP contribution in [0.2, 0.25) is 0 Å². The van der Waals surface area contributed by atoms with E-state index < -0.39 is 5.60 Å². The molecular formula is C18H22N4O3. The van der Waals surface area contributed by atoms with E-state index in [9.17, 15) is 15.0 Å². The van der Waals surface area contributed by atoms with Gasteiger partial charge in [-0.1, -0.05) is 18.2 Å². The highest BCUT2D eigenvalue weighted by molar-refractivity contribution is 5.93. The van der Waals surface area contributed by atoms with Gasteiger partial charge < -0.3 is 20.4 Å². The summed E-state index contributed by atoms with van der Waals surface area (Å²) >= 11 is 0. The number of nitrogens with zero attached hydrogens (tertiary/aromatic N) is 3. The molecule has 1 atom stereocenters. The van der Waals surface area contributed by atoms with Gasteiger partial charge in [0.25, 0.3) is 5.91 Å². The van der Waals surface area contributed by atoms with Gasteiger partial charge in [0.1, 0.15) is 0 Å². The Morgan fingerprint density at radius 1 is 1.16 bits per heavy atom. The minimum absolute atomic E-state index is 0.159. The predicted octanol–water partition coefficient (Wildman–Crippen LogP) is 1.57. The Balaban J connectivity index is 1.64. The molecule has 7 nitrogen and oxygen atoms in total. The normalized spacial score (nSPS) is 20.8. The Hall–Kier alpha value is -2.51. The fourth-order valence-electron chi connectivity index (χ4n) is 2.88. The molecule has 0 unspecified atom stereocenters. The number of amides is 1. The second-order valence-corrected chi connectivity index (χ2v) is 6.31. The van der Waals surface area contributed by atoms with Crippen molar-refractivity contribution in [2.75, 3.05) is 25.0 Å². The zero-order valence-electron chi connectivity index (χ0n) is 13.9. The van der Waals surface area contributed by atoms with Gasteiger partial charge in [0.15, 0.2) is 0 Å². The van der Waals surface area contributed by atoms with Gasteiger partial charge in [-0.3, -0.25) is 4.79 Å². The van der Waals surface area contributed by atoms with E-state index in [-0.39, 0.29) is 12.5 Å². The second kappa shape index (κ2) is 7.58. The number of para-hydroxylation sites is 1. The topological polar surface area (TPSA) is 98.6 Å². The Kier molecular flexibility index (Phi) is 5.25. The molecule has 3 rings (SSSR count). The molecule has 0 aliphatic carbocycles. The van der Waals surface area contributed by atoms with Crippen molar-refractivity contribution in [3.63, 3.8) is 0 Å². The average Bonchev–Trinajstić information content (AvgIpc) is 2.85. The smallest absolute Gasteiger partial charge is 0.256 e. The molecule has 132 valence electrons. The maximum atomic E-state index is 12.6. The first-order valence-corrected chi connectivity index (χ1v) is 8.36. The highest BCUT2D eigenvalue weighted by atomic mass is 16.3. The standard InChI is InChI=1S/C18H22N4O3/c23-13-18(25)7-4-9-22(10-8-18)16(24)14-11-19-17(20-12-14)21-15-5-2-1-3-6-15/h1-3,5-6,11-12,23,25H,4,7-10,13H2,(H,19,20,21)/t18-/m0/s1. The number of anilines is 2. The number of aromatic nitrogens is 2. The third kappa shape index (κ3) is 4.32. The zero-order valence-corrected chi connectivity index (χ0v) is 13.9. The van der Waals surface area contributed by atoms with Crippen molar-refractivity contribution < 1.29 is 15.0 Å². The molecule has 0 saturated carbocycles. The van der Waals surface area contributed by atoms with E-state index in [1.807, 2.05) is 30.3 Å². The molecule has 0 spiro atoms. The van der Waals surface area contributed by atoms with Crippen LogP contribution in [0.3, 0.4) is 0 Å². The summed E-state index contributed by atoms with van der Waals surface area (Å²) in [6, 6.07) is 9.55. The Labute approximate surface area is 146 Å². The van der Waals surface area contributed by atoms with Crippen LogP contribution in [-0.2, 0) is 0 Å². The van der Waals surface area contributed by atoms with E-state index in [4.69, 9.17) is 0 Å². The van der Waals surface area contributed by atoms with Gasteiger partial charge in [-0.05, 0) is 31.4 Å². The predicted molar refractivity (Wildman–Crippen MR) is 93.5 cm³/mol. The van der Waals surface area contributed by atoms with Crippen LogP contribution in [-0.4, -0.2) is 56.3 Å². The van der Waals surface area contributed by atoms with Gasteiger partial charge in [0.05, 0.1) is 17.8 Å². The maximum absolute atomic E-state index is 12.6. The van der Waals surface area contributed by atoms with E-state index in [0.717, 1.165) is 5.69 Å². The van der Waals surface area contributed by atoms with Gasteiger partial charge >= 0.3 is 0 Å². The van der Waals surface area contributed by atoms with Crippen molar-refractivity contribution in [3.05, 3.63) is 48.3 Å². The molecule has 2 aromatic rings. The molecule has 2 heterocycles. The number of carbonyl (C=O) groups excluding carboxylic acids is 1. The van der Waals surface area contributed by atoms with E-state index in [1.54, 1.807) is 4.90 Å². The van der Waals surface area contributed by atoms with Crippen LogP contribution in [0.1, 0.15) is 29.6 Å². The van der Waals surface area contributed by atoms with Crippen molar-refractivity contribution in [2.45, 2.75) is 24.9 Å². The summed E-state index contributed by atoms with van der Waals surface area (Å²) in [7, 11) is 0. The number of carbonyl (C=O) groups is 1. The molecule has 25 heavy (non-hydrogen) atoms. The van der Waals surface area contributed by atoms with Crippen LogP contribution in [0.25, 0.3) is 0 Å². The van der Waals surface area contributed by atoms with Crippen LogP contribution >= 0.6 is 0 Å². The summed E-state index contributed by atoms with van der Waals surface area (Å²) in [4.78, 5) is 22.7. The molecule has 1 aliphatic heterocycles. The minimum Gasteiger partial charge on any atom is -0.393 e. The molecule has 1 aliphatic rings. The number of aliphatic hydroxyl groups is 2. The number of aliphatic hydroxyl groups excluding tert-OH is 1. The molecule has 1 amide bonds. The van der Waals surface area contributed by atoms with Crippen LogP contribution in [0, 0.1) is 0 Å². The number of hydrogen-bond donors (Lipinski definition) is 3. The summed E-state index contributed by atoms with van der Waals surface area (Å²) in [5.74, 6) is 0.265. The molecule has 0 bridgehead atoms. The third-order valence-electron chi connectivity index (χ3n) is 4.43. The minimum atomic E-state index is -1.09. The zero-order chi connectivity index (χ0) is 17.7. The van der Waals surface area contributed by atoms with Crippen LogP contribution in [0.15, 0.2) is 42.7 Å². The molecule has 1 fully saturated rings. The molecule has 0 radical (unpaired) electrons. The molecule has 1 saturated heterocycles. The van der Waals surface area contributed by atoms with Crippen LogP contribution in [0.5, 0.6) is 0 Å². The number of likely N-dealkylation sites (tertiary alicyclic amines) is 1. The van der Waals surface area contributed by atoms with Crippen molar-refractivity contribution in [2.24, 2.45) is 0 Å². The van der Waals surface area contributed by atoms with Crippen molar-refractivity contribution in [3.8, 4) is 0 Å². The number of benzene rings is 1.